The van der Waals surface area contributed by atoms with Gasteiger partial charge >= 0.3 is 0 Å². The van der Waals surface area contributed by atoms with Crippen LogP contribution in [0.1, 0.15) is 18.2 Å². The molecule has 0 radical (unpaired) electrons. The average Bonchev–Trinajstić information content (AvgIpc) is 3.00. The zero-order valence-corrected chi connectivity index (χ0v) is 13.3. The van der Waals surface area contributed by atoms with E-state index in [1.165, 1.54) is 12.3 Å². The number of rotatable bonds is 6. The molecule has 2 aromatic heterocycles. The third-order valence-electron chi connectivity index (χ3n) is 3.61. The van der Waals surface area contributed by atoms with Crippen molar-refractivity contribution in [2.45, 2.75) is 19.9 Å². The largest absolute Gasteiger partial charge is 0.484 e. The summed E-state index contributed by atoms with van der Waals surface area (Å²) in [6, 6.07) is 10.6. The number of ether oxygens (including phenoxy) is 1. The van der Waals surface area contributed by atoms with Crippen molar-refractivity contribution in [2.24, 2.45) is 0 Å². The molecule has 2 heterocycles. The molecule has 24 heavy (non-hydrogen) atoms. The molecule has 0 aliphatic heterocycles. The standard InChI is InChI=1S/C18H18FN3O2/c1-2-13-4-3-5-16(8-13)24-12-18(23)20-9-15-11-22-10-14(19)6-7-17(22)21-15/h3-8,10-11H,2,9,12H2,1H3,(H,20,23). The highest BCUT2D eigenvalue weighted by molar-refractivity contribution is 5.77. The molecule has 5 nitrogen and oxygen atoms in total. The Morgan fingerprint density at radius 3 is 3.00 bits per heavy atom. The molecule has 0 saturated heterocycles. The second-order valence-corrected chi connectivity index (χ2v) is 5.41. The number of carbonyl (C=O) groups excluding carboxylic acids is 1. The van der Waals surface area contributed by atoms with Gasteiger partial charge in [-0.3, -0.25) is 4.79 Å². The first-order valence-corrected chi connectivity index (χ1v) is 7.75. The van der Waals surface area contributed by atoms with Crippen LogP contribution in [0.15, 0.2) is 48.8 Å². The van der Waals surface area contributed by atoms with Crippen molar-refractivity contribution in [3.8, 4) is 5.75 Å². The van der Waals surface area contributed by atoms with E-state index in [0.29, 0.717) is 17.1 Å². The van der Waals surface area contributed by atoms with Gasteiger partial charge in [0.25, 0.3) is 5.91 Å². The van der Waals surface area contributed by atoms with Crippen LogP contribution in [-0.4, -0.2) is 21.9 Å². The molecule has 1 N–H and O–H groups in total. The molecule has 6 heteroatoms. The van der Waals surface area contributed by atoms with Gasteiger partial charge in [-0.05, 0) is 36.2 Å². The predicted molar refractivity (Wildman–Crippen MR) is 88.3 cm³/mol. The van der Waals surface area contributed by atoms with Crippen LogP contribution in [0.4, 0.5) is 4.39 Å². The lowest BCUT2D eigenvalue weighted by molar-refractivity contribution is -0.123. The van der Waals surface area contributed by atoms with Crippen LogP contribution in [0, 0.1) is 5.82 Å². The molecule has 3 aromatic rings. The van der Waals surface area contributed by atoms with Crippen LogP contribution in [0.25, 0.3) is 5.65 Å². The summed E-state index contributed by atoms with van der Waals surface area (Å²) in [7, 11) is 0. The Bertz CT molecular complexity index is 860. The topological polar surface area (TPSA) is 55.6 Å². The Kier molecular flexibility index (Phi) is 4.74. The summed E-state index contributed by atoms with van der Waals surface area (Å²) >= 11 is 0. The van der Waals surface area contributed by atoms with Gasteiger partial charge in [0.05, 0.1) is 12.2 Å². The number of aromatic nitrogens is 2. The van der Waals surface area contributed by atoms with Crippen LogP contribution >= 0.6 is 0 Å². The normalized spacial score (nSPS) is 10.8. The highest BCUT2D eigenvalue weighted by Crippen LogP contribution is 2.13. The second-order valence-electron chi connectivity index (χ2n) is 5.41. The number of amides is 1. The Morgan fingerprint density at radius 2 is 2.17 bits per heavy atom. The van der Waals surface area contributed by atoms with E-state index >= 15 is 0 Å². The molecular weight excluding hydrogens is 309 g/mol. The van der Waals surface area contributed by atoms with Gasteiger partial charge in [0, 0.05) is 12.4 Å². The van der Waals surface area contributed by atoms with Gasteiger partial charge in [-0.25, -0.2) is 9.37 Å². The summed E-state index contributed by atoms with van der Waals surface area (Å²) in [6.45, 7) is 2.27. The summed E-state index contributed by atoms with van der Waals surface area (Å²) < 4.78 is 20.2. The van der Waals surface area contributed by atoms with Gasteiger partial charge in [-0.2, -0.15) is 0 Å². The van der Waals surface area contributed by atoms with E-state index in [-0.39, 0.29) is 24.9 Å². The molecule has 1 amide bonds. The number of hydrogen-bond donors (Lipinski definition) is 1. The molecular formula is C18H18FN3O2. The van der Waals surface area contributed by atoms with Gasteiger partial charge in [0.15, 0.2) is 6.61 Å². The molecule has 0 unspecified atom stereocenters. The Labute approximate surface area is 139 Å². The fraction of sp³-hybridized carbons (Fsp3) is 0.222. The summed E-state index contributed by atoms with van der Waals surface area (Å²) in [5.74, 6) is 0.103. The van der Waals surface area contributed by atoms with E-state index in [1.807, 2.05) is 24.3 Å². The lowest BCUT2D eigenvalue weighted by Gasteiger charge is -2.07. The van der Waals surface area contributed by atoms with Crippen LogP contribution in [-0.2, 0) is 17.8 Å². The molecule has 0 aliphatic carbocycles. The van der Waals surface area contributed by atoms with Crippen LogP contribution in [0.3, 0.4) is 0 Å². The Balaban J connectivity index is 1.52. The maximum atomic E-state index is 13.1. The molecule has 124 valence electrons. The number of nitrogens with zero attached hydrogens (tertiary/aromatic N) is 2. The van der Waals surface area contributed by atoms with Crippen LogP contribution in [0.5, 0.6) is 5.75 Å². The lowest BCUT2D eigenvalue weighted by atomic mass is 10.2. The number of benzene rings is 1. The number of halogens is 1. The number of pyridine rings is 1. The van der Waals surface area contributed by atoms with E-state index in [2.05, 4.69) is 17.2 Å². The molecule has 0 atom stereocenters. The van der Waals surface area contributed by atoms with E-state index in [9.17, 15) is 9.18 Å². The highest BCUT2D eigenvalue weighted by Gasteiger charge is 2.06. The molecule has 0 saturated carbocycles. The number of fused-ring (bicyclic) bond motifs is 1. The molecule has 0 aliphatic rings. The fourth-order valence-electron chi connectivity index (χ4n) is 2.35. The van der Waals surface area contributed by atoms with E-state index in [1.54, 1.807) is 16.7 Å². The first-order valence-electron chi connectivity index (χ1n) is 7.75. The Hall–Kier alpha value is -2.89. The van der Waals surface area contributed by atoms with Crippen molar-refractivity contribution in [3.63, 3.8) is 0 Å². The summed E-state index contributed by atoms with van der Waals surface area (Å²) in [6.07, 6.45) is 3.94. The van der Waals surface area contributed by atoms with E-state index < -0.39 is 0 Å². The maximum absolute atomic E-state index is 13.1. The van der Waals surface area contributed by atoms with Crippen LogP contribution < -0.4 is 10.1 Å². The van der Waals surface area contributed by atoms with E-state index in [0.717, 1.165) is 12.0 Å². The summed E-state index contributed by atoms with van der Waals surface area (Å²) in [5, 5.41) is 2.74. The van der Waals surface area contributed by atoms with Gasteiger partial charge < -0.3 is 14.5 Å². The minimum absolute atomic E-state index is 0.0604. The lowest BCUT2D eigenvalue weighted by Crippen LogP contribution is -2.28. The smallest absolute Gasteiger partial charge is 0.258 e. The maximum Gasteiger partial charge on any atom is 0.258 e. The van der Waals surface area contributed by atoms with Gasteiger partial charge in [0.2, 0.25) is 0 Å². The third-order valence-corrected chi connectivity index (χ3v) is 3.61. The summed E-state index contributed by atoms with van der Waals surface area (Å²) in [4.78, 5) is 16.2. The first-order chi connectivity index (χ1) is 11.6. The number of nitrogens with one attached hydrogen (secondary N) is 1. The first kappa shape index (κ1) is 16.0. The fourth-order valence-corrected chi connectivity index (χ4v) is 2.35. The summed E-state index contributed by atoms with van der Waals surface area (Å²) in [5.41, 5.74) is 2.44. The molecule has 0 fully saturated rings. The Morgan fingerprint density at radius 1 is 1.29 bits per heavy atom. The quantitative estimate of drug-likeness (QED) is 0.757. The monoisotopic (exact) mass is 327 g/mol. The van der Waals surface area contributed by atoms with Gasteiger partial charge in [0.1, 0.15) is 17.2 Å². The number of imidazole rings is 1. The van der Waals surface area contributed by atoms with E-state index in [4.69, 9.17) is 4.74 Å². The van der Waals surface area contributed by atoms with Gasteiger partial charge in [-0.15, -0.1) is 0 Å². The zero-order chi connectivity index (χ0) is 16.9. The van der Waals surface area contributed by atoms with Crippen molar-refractivity contribution < 1.29 is 13.9 Å². The third kappa shape index (κ3) is 3.90. The van der Waals surface area contributed by atoms with Crippen molar-refractivity contribution in [1.82, 2.24) is 14.7 Å². The molecule has 3 rings (SSSR count). The zero-order valence-electron chi connectivity index (χ0n) is 13.3. The second kappa shape index (κ2) is 7.12. The predicted octanol–water partition coefficient (Wildman–Crippen LogP) is 2.73. The van der Waals surface area contributed by atoms with Crippen molar-refractivity contribution >= 4 is 11.6 Å². The molecule has 0 bridgehead atoms. The average molecular weight is 327 g/mol. The number of aryl methyl sites for hydroxylation is 1. The number of carbonyl (C=O) groups is 1. The van der Waals surface area contributed by atoms with Crippen molar-refractivity contribution in [2.75, 3.05) is 6.61 Å². The van der Waals surface area contributed by atoms with Crippen molar-refractivity contribution in [1.29, 1.82) is 0 Å². The molecule has 1 aromatic carbocycles. The number of hydrogen-bond acceptors (Lipinski definition) is 3. The van der Waals surface area contributed by atoms with Gasteiger partial charge in [-0.1, -0.05) is 19.1 Å². The highest BCUT2D eigenvalue weighted by atomic mass is 19.1. The SMILES string of the molecule is CCc1cccc(OCC(=O)NCc2cn3cc(F)ccc3n2)c1. The van der Waals surface area contributed by atoms with Crippen LogP contribution in [0.2, 0.25) is 0 Å². The molecule has 0 spiro atoms. The minimum Gasteiger partial charge on any atom is -0.484 e. The van der Waals surface area contributed by atoms with Crippen molar-refractivity contribution in [3.05, 3.63) is 65.9 Å². The minimum atomic E-state index is -0.335.